The number of aliphatic hydroxyl groups is 1. The normalized spacial score (nSPS) is 45.8. The van der Waals surface area contributed by atoms with Gasteiger partial charge in [-0.3, -0.25) is 0 Å². The van der Waals surface area contributed by atoms with Gasteiger partial charge in [-0.05, 0) is 91.3 Å². The lowest BCUT2D eigenvalue weighted by Gasteiger charge is -2.59. The van der Waals surface area contributed by atoms with E-state index in [1.807, 2.05) is 0 Å². The summed E-state index contributed by atoms with van der Waals surface area (Å²) in [6.45, 7) is 14.9. The Morgan fingerprint density at radius 2 is 1.71 bits per heavy atom. The summed E-state index contributed by atoms with van der Waals surface area (Å²) in [5.41, 5.74) is 4.39. The standard InChI is InChI=1S/C29H48O2/c1-19(2)8-7-9-20(3)22-12-16-29(6)25-11-10-23-21(18-30)26(31)14-15-27(23,4)24(25)13-17-28(22,29)5/h18-23,26,31H,7-17H2,1-6H3/t20-,21+,22-,23+,26+,27+,28-,29+/m1/s1. The highest BCUT2D eigenvalue weighted by atomic mass is 16.3. The third-order valence-corrected chi connectivity index (χ3v) is 11.3. The van der Waals surface area contributed by atoms with Crippen molar-refractivity contribution in [2.45, 2.75) is 118 Å². The van der Waals surface area contributed by atoms with Crippen molar-refractivity contribution in [3.63, 3.8) is 0 Å². The van der Waals surface area contributed by atoms with Crippen molar-refractivity contribution in [3.8, 4) is 0 Å². The number of aldehydes is 1. The fraction of sp³-hybridized carbons (Fsp3) is 0.897. The van der Waals surface area contributed by atoms with Crippen LogP contribution in [0.2, 0.25) is 0 Å². The van der Waals surface area contributed by atoms with Crippen molar-refractivity contribution in [2.75, 3.05) is 0 Å². The second-order valence-corrected chi connectivity index (χ2v) is 13.0. The predicted octanol–water partition coefficient (Wildman–Crippen LogP) is 7.35. The van der Waals surface area contributed by atoms with Gasteiger partial charge < -0.3 is 9.90 Å². The smallest absolute Gasteiger partial charge is 0.125 e. The Balaban J connectivity index is 1.62. The van der Waals surface area contributed by atoms with E-state index in [4.69, 9.17) is 0 Å². The van der Waals surface area contributed by atoms with Crippen molar-refractivity contribution >= 4 is 6.29 Å². The Morgan fingerprint density at radius 3 is 2.39 bits per heavy atom. The van der Waals surface area contributed by atoms with E-state index in [2.05, 4.69) is 41.5 Å². The lowest BCUT2D eigenvalue weighted by atomic mass is 9.45. The highest BCUT2D eigenvalue weighted by Crippen LogP contribution is 2.71. The second-order valence-electron chi connectivity index (χ2n) is 13.0. The molecule has 0 bridgehead atoms. The first-order chi connectivity index (χ1) is 14.6. The molecule has 0 saturated heterocycles. The molecular weight excluding hydrogens is 380 g/mol. The fourth-order valence-corrected chi connectivity index (χ4v) is 9.19. The van der Waals surface area contributed by atoms with Crippen LogP contribution in [0.5, 0.6) is 0 Å². The summed E-state index contributed by atoms with van der Waals surface area (Å²) in [7, 11) is 0. The number of rotatable bonds is 6. The van der Waals surface area contributed by atoms with E-state index < -0.39 is 6.10 Å². The number of aliphatic hydroxyl groups excluding tert-OH is 1. The van der Waals surface area contributed by atoms with Crippen LogP contribution >= 0.6 is 0 Å². The van der Waals surface area contributed by atoms with Crippen LogP contribution in [0.25, 0.3) is 0 Å². The minimum Gasteiger partial charge on any atom is -0.392 e. The van der Waals surface area contributed by atoms with Gasteiger partial charge in [0.15, 0.2) is 0 Å². The highest BCUT2D eigenvalue weighted by molar-refractivity contribution is 5.57. The average Bonchev–Trinajstić information content (AvgIpc) is 2.99. The molecule has 0 aromatic rings. The molecule has 4 rings (SSSR count). The maximum atomic E-state index is 11.9. The molecule has 1 N–H and O–H groups in total. The minimum absolute atomic E-state index is 0.129. The van der Waals surface area contributed by atoms with Gasteiger partial charge in [0.1, 0.15) is 6.29 Å². The van der Waals surface area contributed by atoms with E-state index in [9.17, 15) is 9.90 Å². The number of allylic oxidation sites excluding steroid dienone is 2. The van der Waals surface area contributed by atoms with Gasteiger partial charge in [0, 0.05) is 5.92 Å². The van der Waals surface area contributed by atoms with Crippen LogP contribution in [0.1, 0.15) is 112 Å². The highest BCUT2D eigenvalue weighted by Gasteiger charge is 2.62. The Bertz CT molecular complexity index is 722. The maximum absolute atomic E-state index is 11.9. The van der Waals surface area contributed by atoms with Crippen molar-refractivity contribution < 1.29 is 9.90 Å². The molecule has 0 radical (unpaired) electrons. The Morgan fingerprint density at radius 1 is 0.968 bits per heavy atom. The van der Waals surface area contributed by atoms with Crippen LogP contribution in [0.15, 0.2) is 11.1 Å². The molecule has 4 aliphatic carbocycles. The van der Waals surface area contributed by atoms with E-state index in [1.165, 1.54) is 44.9 Å². The Kier molecular flexibility index (Phi) is 6.30. The lowest BCUT2D eigenvalue weighted by Crippen LogP contribution is -2.52. The van der Waals surface area contributed by atoms with Gasteiger partial charge in [-0.15, -0.1) is 0 Å². The van der Waals surface area contributed by atoms with E-state index in [0.29, 0.717) is 16.7 Å². The van der Waals surface area contributed by atoms with Crippen LogP contribution < -0.4 is 0 Å². The third-order valence-electron chi connectivity index (χ3n) is 11.3. The lowest BCUT2D eigenvalue weighted by molar-refractivity contribution is -0.124. The molecule has 0 heterocycles. The molecular formula is C29H48O2. The summed E-state index contributed by atoms with van der Waals surface area (Å²) in [5, 5.41) is 10.5. The number of hydrogen-bond acceptors (Lipinski definition) is 2. The zero-order valence-corrected chi connectivity index (χ0v) is 21.2. The first kappa shape index (κ1) is 23.5. The van der Waals surface area contributed by atoms with Gasteiger partial charge in [-0.2, -0.15) is 0 Å². The summed E-state index contributed by atoms with van der Waals surface area (Å²) in [4.78, 5) is 11.9. The molecule has 4 aliphatic rings. The van der Waals surface area contributed by atoms with Gasteiger partial charge in [-0.1, -0.05) is 72.0 Å². The van der Waals surface area contributed by atoms with E-state index in [0.717, 1.165) is 49.7 Å². The summed E-state index contributed by atoms with van der Waals surface area (Å²) in [5.74, 6) is 2.67. The molecule has 0 aromatic heterocycles. The van der Waals surface area contributed by atoms with E-state index in [-0.39, 0.29) is 11.3 Å². The SMILES string of the molecule is CC(C)CCC[C@@H](C)[C@H]1CC[C@@]2(C)C3=C(CC[C@]12C)[C@@]1(C)CC[C@H](O)[C@@H](C=O)[C@@H]1CC3. The van der Waals surface area contributed by atoms with Crippen molar-refractivity contribution in [1.82, 2.24) is 0 Å². The molecule has 2 saturated carbocycles. The maximum Gasteiger partial charge on any atom is 0.125 e. The summed E-state index contributed by atoms with van der Waals surface area (Å²) in [6.07, 6.45) is 14.2. The molecule has 8 atom stereocenters. The third kappa shape index (κ3) is 3.49. The first-order valence-electron chi connectivity index (χ1n) is 13.4. The monoisotopic (exact) mass is 428 g/mol. The molecule has 0 amide bonds. The zero-order valence-electron chi connectivity index (χ0n) is 21.2. The number of carbonyl (C=O) groups excluding carboxylic acids is 1. The van der Waals surface area contributed by atoms with Gasteiger partial charge in [0.25, 0.3) is 0 Å². The van der Waals surface area contributed by atoms with Crippen LogP contribution in [0, 0.1) is 45.8 Å². The zero-order chi connectivity index (χ0) is 22.6. The van der Waals surface area contributed by atoms with Crippen LogP contribution in [0.4, 0.5) is 0 Å². The molecule has 2 nitrogen and oxygen atoms in total. The largest absolute Gasteiger partial charge is 0.392 e. The van der Waals surface area contributed by atoms with Gasteiger partial charge in [-0.25, -0.2) is 0 Å². The minimum atomic E-state index is -0.426. The van der Waals surface area contributed by atoms with Gasteiger partial charge >= 0.3 is 0 Å². The molecule has 0 unspecified atom stereocenters. The molecule has 176 valence electrons. The average molecular weight is 429 g/mol. The summed E-state index contributed by atoms with van der Waals surface area (Å²) >= 11 is 0. The van der Waals surface area contributed by atoms with Gasteiger partial charge in [0.2, 0.25) is 0 Å². The van der Waals surface area contributed by atoms with Crippen molar-refractivity contribution in [1.29, 1.82) is 0 Å². The van der Waals surface area contributed by atoms with Crippen LogP contribution in [-0.2, 0) is 4.79 Å². The van der Waals surface area contributed by atoms with E-state index >= 15 is 0 Å². The fourth-order valence-electron chi connectivity index (χ4n) is 9.19. The molecule has 2 fully saturated rings. The first-order valence-corrected chi connectivity index (χ1v) is 13.4. The summed E-state index contributed by atoms with van der Waals surface area (Å²) in [6, 6.07) is 0. The van der Waals surface area contributed by atoms with E-state index in [1.54, 1.807) is 11.1 Å². The van der Waals surface area contributed by atoms with Crippen LogP contribution in [0.3, 0.4) is 0 Å². The van der Waals surface area contributed by atoms with Crippen molar-refractivity contribution in [2.24, 2.45) is 45.8 Å². The topological polar surface area (TPSA) is 37.3 Å². The summed E-state index contributed by atoms with van der Waals surface area (Å²) < 4.78 is 0. The molecule has 2 heteroatoms. The molecule has 0 aromatic carbocycles. The molecule has 31 heavy (non-hydrogen) atoms. The molecule has 0 spiro atoms. The quantitative estimate of drug-likeness (QED) is 0.355. The number of fused-ring (bicyclic) bond motifs is 4. The van der Waals surface area contributed by atoms with Gasteiger partial charge in [0.05, 0.1) is 6.10 Å². The van der Waals surface area contributed by atoms with Crippen molar-refractivity contribution in [3.05, 3.63) is 11.1 Å². The number of hydrogen-bond donors (Lipinski definition) is 1. The molecule has 0 aliphatic heterocycles. The number of carbonyl (C=O) groups is 1. The second kappa shape index (κ2) is 8.30. The van der Waals surface area contributed by atoms with Crippen LogP contribution in [-0.4, -0.2) is 17.5 Å². The predicted molar refractivity (Wildman–Crippen MR) is 129 cm³/mol. The Labute approximate surface area is 191 Å². The Hall–Kier alpha value is -0.630.